The molecule has 122 valence electrons. The minimum absolute atomic E-state index is 0.0626. The second-order valence-corrected chi connectivity index (χ2v) is 5.72. The van der Waals surface area contributed by atoms with Gasteiger partial charge in [0.05, 0.1) is 5.39 Å². The van der Waals surface area contributed by atoms with Crippen molar-refractivity contribution >= 4 is 28.5 Å². The number of hydrogen-bond acceptors (Lipinski definition) is 4. The quantitative estimate of drug-likeness (QED) is 0.788. The topological polar surface area (TPSA) is 82.5 Å². The average molecular weight is 344 g/mol. The number of aryl methyl sites for hydroxylation is 1. The van der Waals surface area contributed by atoms with Crippen LogP contribution in [-0.2, 0) is 4.79 Å². The summed E-state index contributed by atoms with van der Waals surface area (Å²) in [4.78, 5) is 23.8. The zero-order valence-corrected chi connectivity index (χ0v) is 13.6. The molecule has 3 rings (SSSR count). The normalized spacial score (nSPS) is 10.8. The van der Waals surface area contributed by atoms with Gasteiger partial charge in [-0.25, -0.2) is 0 Å². The third kappa shape index (κ3) is 2.98. The van der Waals surface area contributed by atoms with Crippen LogP contribution >= 0.6 is 11.6 Å². The van der Waals surface area contributed by atoms with Crippen molar-refractivity contribution < 1.29 is 13.9 Å². The highest BCUT2D eigenvalue weighted by Crippen LogP contribution is 2.32. The first kappa shape index (κ1) is 16.1. The predicted molar refractivity (Wildman–Crippen MR) is 92.4 cm³/mol. The summed E-state index contributed by atoms with van der Waals surface area (Å²) in [6, 6.07) is 12.3. The molecule has 1 heterocycles. The number of nitrogens with two attached hydrogens (primary N) is 1. The van der Waals surface area contributed by atoms with Gasteiger partial charge in [0, 0.05) is 10.6 Å². The van der Waals surface area contributed by atoms with Gasteiger partial charge in [-0.05, 0) is 24.6 Å². The number of benzene rings is 2. The maximum Gasteiger partial charge on any atom is 0.255 e. The fourth-order valence-electron chi connectivity index (χ4n) is 2.35. The van der Waals surface area contributed by atoms with Crippen LogP contribution in [0.25, 0.3) is 22.3 Å². The van der Waals surface area contributed by atoms with E-state index in [1.807, 2.05) is 25.1 Å². The van der Waals surface area contributed by atoms with Crippen molar-refractivity contribution in [2.24, 2.45) is 5.73 Å². The maximum atomic E-state index is 12.8. The number of halogens is 1. The van der Waals surface area contributed by atoms with E-state index >= 15 is 0 Å². The second kappa shape index (κ2) is 6.37. The zero-order valence-electron chi connectivity index (χ0n) is 12.8. The van der Waals surface area contributed by atoms with Gasteiger partial charge in [0.25, 0.3) is 5.91 Å². The highest BCUT2D eigenvalue weighted by molar-refractivity contribution is 6.32. The number of ether oxygens (including phenoxy) is 1. The summed E-state index contributed by atoms with van der Waals surface area (Å²) in [5.41, 5.74) is 6.55. The molecule has 0 aliphatic rings. The van der Waals surface area contributed by atoms with Gasteiger partial charge >= 0.3 is 0 Å². The van der Waals surface area contributed by atoms with Gasteiger partial charge < -0.3 is 14.9 Å². The summed E-state index contributed by atoms with van der Waals surface area (Å²) in [6.45, 7) is 1.40. The number of rotatable bonds is 4. The predicted octanol–water partition coefficient (Wildman–Crippen LogP) is 3.29. The number of fused-ring (bicyclic) bond motifs is 1. The summed E-state index contributed by atoms with van der Waals surface area (Å²) in [5.74, 6) is -0.501. The molecule has 24 heavy (non-hydrogen) atoms. The highest BCUT2D eigenvalue weighted by atomic mass is 35.5. The molecule has 0 aliphatic heterocycles. The minimum Gasteiger partial charge on any atom is -0.476 e. The first-order chi connectivity index (χ1) is 11.5. The Labute approximate surface area is 142 Å². The third-order valence-corrected chi connectivity index (χ3v) is 3.93. The zero-order chi connectivity index (χ0) is 17.3. The standard InChI is InChI=1S/C18H14ClNO4/c1-10-7-14-12(8-13(10)19)16(22)18(23-9-15(20)21)17(24-14)11-5-3-2-4-6-11/h2-8H,9H2,1H3,(H2,20,21). The van der Waals surface area contributed by atoms with Crippen molar-refractivity contribution in [3.8, 4) is 17.1 Å². The van der Waals surface area contributed by atoms with Gasteiger partial charge in [0.1, 0.15) is 5.58 Å². The Morgan fingerprint density at radius 2 is 1.96 bits per heavy atom. The Bertz CT molecular complexity index is 980. The summed E-state index contributed by atoms with van der Waals surface area (Å²) in [6.07, 6.45) is 0. The van der Waals surface area contributed by atoms with Crippen LogP contribution in [0.2, 0.25) is 5.02 Å². The van der Waals surface area contributed by atoms with E-state index in [4.69, 9.17) is 26.5 Å². The van der Waals surface area contributed by atoms with Crippen LogP contribution < -0.4 is 15.9 Å². The molecule has 0 unspecified atom stereocenters. The fraction of sp³-hybridized carbons (Fsp3) is 0.111. The van der Waals surface area contributed by atoms with Gasteiger partial charge in [-0.1, -0.05) is 41.9 Å². The van der Waals surface area contributed by atoms with Crippen LogP contribution in [0.15, 0.2) is 51.7 Å². The van der Waals surface area contributed by atoms with E-state index in [0.717, 1.165) is 5.56 Å². The molecule has 6 heteroatoms. The van der Waals surface area contributed by atoms with Gasteiger partial charge in [-0.3, -0.25) is 9.59 Å². The van der Waals surface area contributed by atoms with Crippen LogP contribution in [0.1, 0.15) is 5.56 Å². The van der Waals surface area contributed by atoms with Crippen molar-refractivity contribution in [2.45, 2.75) is 6.92 Å². The molecule has 0 fully saturated rings. The van der Waals surface area contributed by atoms with Crippen molar-refractivity contribution in [1.82, 2.24) is 0 Å². The van der Waals surface area contributed by atoms with Gasteiger partial charge in [0.2, 0.25) is 11.2 Å². The molecule has 1 aromatic heterocycles. The smallest absolute Gasteiger partial charge is 0.255 e. The molecule has 0 saturated carbocycles. The van der Waals surface area contributed by atoms with Crippen molar-refractivity contribution in [2.75, 3.05) is 6.61 Å². The maximum absolute atomic E-state index is 12.8. The molecule has 2 N–H and O–H groups in total. The number of primary amides is 1. The third-order valence-electron chi connectivity index (χ3n) is 3.52. The van der Waals surface area contributed by atoms with E-state index in [1.165, 1.54) is 6.07 Å². The summed E-state index contributed by atoms with van der Waals surface area (Å²) < 4.78 is 11.2. The van der Waals surface area contributed by atoms with Crippen molar-refractivity contribution in [1.29, 1.82) is 0 Å². The lowest BCUT2D eigenvalue weighted by molar-refractivity contribution is -0.119. The average Bonchev–Trinajstić information content (AvgIpc) is 2.56. The minimum atomic E-state index is -0.685. The van der Waals surface area contributed by atoms with Crippen molar-refractivity contribution in [3.63, 3.8) is 0 Å². The molecule has 0 atom stereocenters. The van der Waals surface area contributed by atoms with Crippen molar-refractivity contribution in [3.05, 3.63) is 63.3 Å². The molecule has 3 aromatic rings. The Kier molecular flexibility index (Phi) is 4.27. The van der Waals surface area contributed by atoms with Crippen LogP contribution in [0.4, 0.5) is 0 Å². The van der Waals surface area contributed by atoms with E-state index in [-0.39, 0.29) is 16.9 Å². The lowest BCUT2D eigenvalue weighted by Crippen LogP contribution is -2.22. The van der Waals surface area contributed by atoms with E-state index in [0.29, 0.717) is 16.2 Å². The molecule has 0 radical (unpaired) electrons. The number of carbonyl (C=O) groups excluding carboxylic acids is 1. The second-order valence-electron chi connectivity index (χ2n) is 5.31. The van der Waals surface area contributed by atoms with E-state index in [9.17, 15) is 9.59 Å². The monoisotopic (exact) mass is 343 g/mol. The van der Waals surface area contributed by atoms with E-state index < -0.39 is 17.9 Å². The molecule has 2 aromatic carbocycles. The summed E-state index contributed by atoms with van der Waals surface area (Å²) in [7, 11) is 0. The van der Waals surface area contributed by atoms with Crippen LogP contribution in [0.5, 0.6) is 5.75 Å². The van der Waals surface area contributed by atoms with Crippen LogP contribution in [0, 0.1) is 6.92 Å². The first-order valence-electron chi connectivity index (χ1n) is 7.21. The lowest BCUT2D eigenvalue weighted by atomic mass is 10.1. The molecule has 0 saturated heterocycles. The number of amides is 1. The van der Waals surface area contributed by atoms with E-state index in [2.05, 4.69) is 0 Å². The molecule has 0 spiro atoms. The highest BCUT2D eigenvalue weighted by Gasteiger charge is 2.19. The van der Waals surface area contributed by atoms with Crippen LogP contribution in [0.3, 0.4) is 0 Å². The van der Waals surface area contributed by atoms with Gasteiger partial charge in [-0.2, -0.15) is 0 Å². The Hall–Kier alpha value is -2.79. The largest absolute Gasteiger partial charge is 0.476 e. The number of carbonyl (C=O) groups is 1. The Balaban J connectivity index is 2.31. The van der Waals surface area contributed by atoms with Crippen LogP contribution in [-0.4, -0.2) is 12.5 Å². The molecule has 5 nitrogen and oxygen atoms in total. The Morgan fingerprint density at radius 1 is 1.25 bits per heavy atom. The summed E-state index contributed by atoms with van der Waals surface area (Å²) >= 11 is 6.10. The summed E-state index contributed by atoms with van der Waals surface area (Å²) in [5, 5.41) is 0.730. The fourth-order valence-corrected chi connectivity index (χ4v) is 2.52. The molecule has 1 amide bonds. The van der Waals surface area contributed by atoms with Gasteiger partial charge in [-0.15, -0.1) is 0 Å². The number of hydrogen-bond donors (Lipinski definition) is 1. The Morgan fingerprint density at radius 3 is 2.62 bits per heavy atom. The molecule has 0 aliphatic carbocycles. The van der Waals surface area contributed by atoms with Gasteiger partial charge in [0.15, 0.2) is 12.4 Å². The molecular formula is C18H14ClNO4. The van der Waals surface area contributed by atoms with E-state index in [1.54, 1.807) is 18.2 Å². The SMILES string of the molecule is Cc1cc2oc(-c3ccccc3)c(OCC(N)=O)c(=O)c2cc1Cl. The lowest BCUT2D eigenvalue weighted by Gasteiger charge is -2.11. The molecule has 0 bridgehead atoms. The molecular weight excluding hydrogens is 330 g/mol. The first-order valence-corrected chi connectivity index (χ1v) is 7.58.